The van der Waals surface area contributed by atoms with Crippen molar-refractivity contribution in [1.29, 1.82) is 0 Å². The van der Waals surface area contributed by atoms with Crippen LogP contribution in [0.4, 0.5) is 0 Å². The first-order valence-electron chi connectivity index (χ1n) is 7.59. The number of hydrogen-bond acceptors (Lipinski definition) is 2. The van der Waals surface area contributed by atoms with E-state index in [1.54, 1.807) is 0 Å². The maximum Gasteiger partial charge on any atom is 0.160 e. The van der Waals surface area contributed by atoms with E-state index in [2.05, 4.69) is 61.2 Å². The van der Waals surface area contributed by atoms with Crippen molar-refractivity contribution in [2.24, 2.45) is 16.7 Å². The van der Waals surface area contributed by atoms with E-state index >= 15 is 0 Å². The SMILES string of the molecule is CC(C)CC(C)(C(O)OCC[Si](C)(C)C)C(C)(C)C. The molecule has 0 aromatic rings. The Bertz CT molecular complexity index is 263. The highest BCUT2D eigenvalue weighted by Crippen LogP contribution is 2.46. The molecule has 2 unspecified atom stereocenters. The Kier molecular flexibility index (Phi) is 6.78. The van der Waals surface area contributed by atoms with Gasteiger partial charge in [0.2, 0.25) is 0 Å². The largest absolute Gasteiger partial charge is 0.367 e. The van der Waals surface area contributed by atoms with E-state index in [0.717, 1.165) is 12.5 Å². The van der Waals surface area contributed by atoms with Crippen LogP contribution in [0.25, 0.3) is 0 Å². The Balaban J connectivity index is 4.70. The first kappa shape index (κ1) is 19.1. The topological polar surface area (TPSA) is 29.5 Å². The van der Waals surface area contributed by atoms with Crippen LogP contribution < -0.4 is 0 Å². The third kappa shape index (κ3) is 6.41. The zero-order valence-corrected chi connectivity index (χ0v) is 15.6. The molecule has 116 valence electrons. The van der Waals surface area contributed by atoms with Gasteiger partial charge in [-0.15, -0.1) is 0 Å². The second-order valence-corrected chi connectivity index (χ2v) is 14.4. The van der Waals surface area contributed by atoms with Crippen LogP contribution in [0.1, 0.15) is 48.0 Å². The number of aliphatic hydroxyl groups is 1. The fourth-order valence-corrected chi connectivity index (χ4v) is 3.02. The molecule has 0 fully saturated rings. The Hall–Kier alpha value is 0.137. The molecule has 0 amide bonds. The molecule has 2 nitrogen and oxygen atoms in total. The maximum absolute atomic E-state index is 10.5. The van der Waals surface area contributed by atoms with Gasteiger partial charge in [0.15, 0.2) is 6.29 Å². The summed E-state index contributed by atoms with van der Waals surface area (Å²) >= 11 is 0. The minimum absolute atomic E-state index is 0.0237. The summed E-state index contributed by atoms with van der Waals surface area (Å²) in [5.74, 6) is 0.555. The van der Waals surface area contributed by atoms with Crippen molar-refractivity contribution < 1.29 is 9.84 Å². The molecule has 19 heavy (non-hydrogen) atoms. The average Bonchev–Trinajstić information content (AvgIpc) is 2.12. The molecule has 2 atom stereocenters. The lowest BCUT2D eigenvalue weighted by Gasteiger charge is -2.46. The van der Waals surface area contributed by atoms with E-state index in [0.29, 0.717) is 12.5 Å². The first-order chi connectivity index (χ1) is 8.29. The molecule has 0 bridgehead atoms. The quantitative estimate of drug-likeness (QED) is 0.541. The summed E-state index contributed by atoms with van der Waals surface area (Å²) in [6, 6.07) is 1.10. The van der Waals surface area contributed by atoms with E-state index in [-0.39, 0.29) is 10.8 Å². The van der Waals surface area contributed by atoms with E-state index in [1.807, 2.05) is 0 Å². The van der Waals surface area contributed by atoms with Crippen LogP contribution >= 0.6 is 0 Å². The highest BCUT2D eigenvalue weighted by molar-refractivity contribution is 6.76. The van der Waals surface area contributed by atoms with E-state index in [9.17, 15) is 5.11 Å². The van der Waals surface area contributed by atoms with E-state index in [1.165, 1.54) is 0 Å². The fraction of sp³-hybridized carbons (Fsp3) is 1.00. The zero-order valence-electron chi connectivity index (χ0n) is 14.6. The van der Waals surface area contributed by atoms with Crippen molar-refractivity contribution in [3.63, 3.8) is 0 Å². The van der Waals surface area contributed by atoms with Crippen LogP contribution in [0.15, 0.2) is 0 Å². The highest BCUT2D eigenvalue weighted by atomic mass is 28.3. The third-order valence-electron chi connectivity index (χ3n) is 4.22. The monoisotopic (exact) mass is 288 g/mol. The molecule has 0 saturated heterocycles. The molecule has 0 aliphatic rings. The standard InChI is InChI=1S/C16H36O2Si/c1-13(2)12-16(6,15(3,4)5)14(17)18-10-11-19(7,8)9/h13-14,17H,10-12H2,1-9H3. The van der Waals surface area contributed by atoms with Crippen LogP contribution in [0.3, 0.4) is 0 Å². The smallest absolute Gasteiger partial charge is 0.160 e. The summed E-state index contributed by atoms with van der Waals surface area (Å²) in [6.45, 7) is 20.8. The summed E-state index contributed by atoms with van der Waals surface area (Å²) in [6.07, 6.45) is 0.302. The molecule has 0 aromatic heterocycles. The summed E-state index contributed by atoms with van der Waals surface area (Å²) < 4.78 is 5.80. The molecule has 0 spiro atoms. The molecule has 0 radical (unpaired) electrons. The molecule has 0 rings (SSSR count). The summed E-state index contributed by atoms with van der Waals surface area (Å²) in [5, 5.41) is 10.5. The van der Waals surface area contributed by atoms with Crippen LogP contribution in [0, 0.1) is 16.7 Å². The van der Waals surface area contributed by atoms with Gasteiger partial charge >= 0.3 is 0 Å². The van der Waals surface area contributed by atoms with Gasteiger partial charge in [0.1, 0.15) is 0 Å². The molecular weight excluding hydrogens is 252 g/mol. The van der Waals surface area contributed by atoms with Crippen molar-refractivity contribution in [2.75, 3.05) is 6.61 Å². The molecule has 1 N–H and O–H groups in total. The van der Waals surface area contributed by atoms with Crippen molar-refractivity contribution >= 4 is 8.07 Å². The van der Waals surface area contributed by atoms with Crippen molar-refractivity contribution in [1.82, 2.24) is 0 Å². The second-order valence-electron chi connectivity index (χ2n) is 8.80. The highest BCUT2D eigenvalue weighted by Gasteiger charge is 2.44. The molecule has 0 aliphatic heterocycles. The second kappa shape index (κ2) is 6.73. The molecule has 0 aromatic carbocycles. The Morgan fingerprint density at radius 3 is 1.84 bits per heavy atom. The van der Waals surface area contributed by atoms with Crippen molar-refractivity contribution in [2.45, 2.75) is 79.9 Å². The van der Waals surface area contributed by atoms with Gasteiger partial charge in [-0.05, 0) is 23.8 Å². The van der Waals surface area contributed by atoms with Crippen molar-refractivity contribution in [3.05, 3.63) is 0 Å². The summed E-state index contributed by atoms with van der Waals surface area (Å²) in [5.41, 5.74) is -0.184. The lowest BCUT2D eigenvalue weighted by Crippen LogP contribution is -2.46. The van der Waals surface area contributed by atoms with Gasteiger partial charge in [-0.3, -0.25) is 0 Å². The normalized spacial score (nSPS) is 18.5. The van der Waals surface area contributed by atoms with Gasteiger partial charge in [0.25, 0.3) is 0 Å². The molecule has 3 heteroatoms. The van der Waals surface area contributed by atoms with Gasteiger partial charge in [-0.2, -0.15) is 0 Å². The molecular formula is C16H36O2Si. The fourth-order valence-electron chi connectivity index (χ4n) is 2.29. The van der Waals surface area contributed by atoms with Gasteiger partial charge < -0.3 is 9.84 Å². The Morgan fingerprint density at radius 2 is 1.53 bits per heavy atom. The lowest BCUT2D eigenvalue weighted by atomic mass is 9.63. The van der Waals surface area contributed by atoms with Gasteiger partial charge in [0.05, 0.1) is 0 Å². The van der Waals surface area contributed by atoms with E-state index in [4.69, 9.17) is 4.74 Å². The number of rotatable bonds is 7. The summed E-state index contributed by atoms with van der Waals surface area (Å²) in [4.78, 5) is 0. The maximum atomic E-state index is 10.5. The molecule has 0 aliphatic carbocycles. The lowest BCUT2D eigenvalue weighted by molar-refractivity contribution is -0.205. The predicted octanol–water partition coefficient (Wildman–Crippen LogP) is 4.76. The van der Waals surface area contributed by atoms with Crippen LogP contribution in [0.2, 0.25) is 25.7 Å². The first-order valence-corrected chi connectivity index (χ1v) is 11.3. The number of hydrogen-bond donors (Lipinski definition) is 1. The number of ether oxygens (including phenoxy) is 1. The van der Waals surface area contributed by atoms with Gasteiger partial charge in [0, 0.05) is 20.1 Å². The minimum atomic E-state index is -1.10. The van der Waals surface area contributed by atoms with E-state index < -0.39 is 14.4 Å². The third-order valence-corrected chi connectivity index (χ3v) is 5.92. The minimum Gasteiger partial charge on any atom is -0.367 e. The predicted molar refractivity (Wildman–Crippen MR) is 87.1 cm³/mol. The zero-order chi connectivity index (χ0) is 15.5. The van der Waals surface area contributed by atoms with Crippen LogP contribution in [0.5, 0.6) is 0 Å². The van der Waals surface area contributed by atoms with Gasteiger partial charge in [-0.25, -0.2) is 0 Å². The Morgan fingerprint density at radius 1 is 1.05 bits per heavy atom. The average molecular weight is 289 g/mol. The van der Waals surface area contributed by atoms with Crippen LogP contribution in [-0.4, -0.2) is 26.1 Å². The summed E-state index contributed by atoms with van der Waals surface area (Å²) in [7, 11) is -1.10. The van der Waals surface area contributed by atoms with Crippen LogP contribution in [-0.2, 0) is 4.74 Å². The van der Waals surface area contributed by atoms with Gasteiger partial charge in [-0.1, -0.05) is 61.2 Å². The molecule has 0 heterocycles. The number of aliphatic hydroxyl groups excluding tert-OH is 1. The molecule has 0 saturated carbocycles. The van der Waals surface area contributed by atoms with Crippen molar-refractivity contribution in [3.8, 4) is 0 Å². The Labute approximate surface area is 122 Å².